The monoisotopic (exact) mass is 440 g/mol. The van der Waals surface area contributed by atoms with Crippen LogP contribution in [0.2, 0.25) is 0 Å². The molecule has 0 aromatic heterocycles. The van der Waals surface area contributed by atoms with E-state index in [9.17, 15) is 13.9 Å². The highest BCUT2D eigenvalue weighted by atomic mass is 32.2. The van der Waals surface area contributed by atoms with Crippen LogP contribution >= 0.6 is 0 Å². The average Bonchev–Trinajstić information content (AvgIpc) is 2.73. The molecule has 2 aromatic carbocycles. The number of nitrogens with zero attached hydrogens (tertiary/aromatic N) is 3. The molecule has 160 valence electrons. The van der Waals surface area contributed by atoms with Gasteiger partial charge in [0, 0.05) is 31.1 Å². The minimum Gasteiger partial charge on any atom is -0.493 e. The topological polar surface area (TPSA) is 98.4 Å². The summed E-state index contributed by atoms with van der Waals surface area (Å²) in [6, 6.07) is 15.2. The van der Waals surface area contributed by atoms with Crippen LogP contribution in [0, 0.1) is 33.9 Å². The van der Waals surface area contributed by atoms with Gasteiger partial charge in [-0.2, -0.15) is 10.5 Å². The molecule has 0 aliphatic carbocycles. The van der Waals surface area contributed by atoms with Crippen molar-refractivity contribution in [3.8, 4) is 17.9 Å². The van der Waals surface area contributed by atoms with Gasteiger partial charge in [0.15, 0.2) is 0 Å². The van der Waals surface area contributed by atoms with E-state index in [0.717, 1.165) is 0 Å². The third-order valence-electron chi connectivity index (χ3n) is 5.46. The maximum atomic E-state index is 13.9. The second-order valence-electron chi connectivity index (χ2n) is 7.81. The van der Waals surface area contributed by atoms with Crippen LogP contribution in [-0.4, -0.2) is 54.0 Å². The molecule has 2 aromatic rings. The second-order valence-corrected chi connectivity index (χ2v) is 9.27. The number of halogens is 1. The molecule has 2 saturated heterocycles. The summed E-state index contributed by atoms with van der Waals surface area (Å²) >= 11 is 0. The van der Waals surface area contributed by atoms with E-state index in [-0.39, 0.29) is 17.0 Å². The number of nitriles is 2. The molecule has 1 atom stereocenters. The second kappa shape index (κ2) is 9.13. The molecule has 0 bridgehead atoms. The minimum absolute atomic E-state index is 0.0323. The molecule has 7 nitrogen and oxygen atoms in total. The Morgan fingerprint density at radius 2 is 1.94 bits per heavy atom. The highest BCUT2D eigenvalue weighted by Gasteiger charge is 2.47. The smallest absolute Gasteiger partial charge is 0.144 e. The summed E-state index contributed by atoms with van der Waals surface area (Å²) in [5.74, 6) is -0.277. The van der Waals surface area contributed by atoms with Gasteiger partial charge >= 0.3 is 0 Å². The first-order valence-corrected chi connectivity index (χ1v) is 10.9. The summed E-state index contributed by atoms with van der Waals surface area (Å²) in [4.78, 5) is 0.494. The molecular weight excluding hydrogens is 419 g/mol. The fraction of sp³-hybridized carbons (Fsp3) is 0.364. The summed E-state index contributed by atoms with van der Waals surface area (Å²) in [5.41, 5.74) is 0.0412. The third kappa shape index (κ3) is 4.60. The lowest BCUT2D eigenvalue weighted by Crippen LogP contribution is -2.65. The van der Waals surface area contributed by atoms with Gasteiger partial charge in [0.05, 0.1) is 41.9 Å². The maximum Gasteiger partial charge on any atom is 0.144 e. The van der Waals surface area contributed by atoms with Crippen molar-refractivity contribution in [2.75, 3.05) is 39.5 Å². The fourth-order valence-electron chi connectivity index (χ4n) is 3.55. The quantitative estimate of drug-likeness (QED) is 0.674. The normalized spacial score (nSPS) is 18.8. The number of ether oxygens (including phenoxy) is 2. The van der Waals surface area contributed by atoms with Crippen molar-refractivity contribution in [2.24, 2.45) is 5.41 Å². The molecule has 31 heavy (non-hydrogen) atoms. The van der Waals surface area contributed by atoms with Crippen molar-refractivity contribution in [1.29, 1.82) is 10.5 Å². The van der Waals surface area contributed by atoms with E-state index in [0.29, 0.717) is 55.7 Å². The van der Waals surface area contributed by atoms with Crippen LogP contribution in [0.25, 0.3) is 0 Å². The van der Waals surface area contributed by atoms with Gasteiger partial charge in [0.1, 0.15) is 34.7 Å². The van der Waals surface area contributed by atoms with Crippen molar-refractivity contribution >= 4 is 11.0 Å². The van der Waals surface area contributed by atoms with Crippen molar-refractivity contribution in [2.45, 2.75) is 10.9 Å². The van der Waals surface area contributed by atoms with E-state index >= 15 is 0 Å². The zero-order valence-electron chi connectivity index (χ0n) is 16.7. The Kier molecular flexibility index (Phi) is 6.30. The van der Waals surface area contributed by atoms with E-state index in [1.807, 2.05) is 0 Å². The largest absolute Gasteiger partial charge is 0.493 e. The first-order chi connectivity index (χ1) is 15.0. The Bertz CT molecular complexity index is 1070. The number of benzene rings is 2. The zero-order valence-corrected chi connectivity index (χ0v) is 17.5. The number of rotatable bonds is 8. The molecule has 0 saturated carbocycles. The number of hydrogen-bond acceptors (Lipinski definition) is 6. The van der Waals surface area contributed by atoms with E-state index in [4.69, 9.17) is 14.7 Å². The minimum atomic E-state index is -1.45. The maximum absolute atomic E-state index is 13.9. The van der Waals surface area contributed by atoms with Crippen LogP contribution in [0.4, 0.5) is 4.39 Å². The van der Waals surface area contributed by atoms with E-state index < -0.39 is 16.8 Å². The van der Waals surface area contributed by atoms with Crippen LogP contribution in [0.15, 0.2) is 47.4 Å². The first kappa shape index (κ1) is 21.4. The number of nitrogens with one attached hydrogen (secondary N) is 1. The molecule has 2 heterocycles. The molecule has 9 heteroatoms. The van der Waals surface area contributed by atoms with E-state index in [1.165, 1.54) is 12.1 Å². The Balaban J connectivity index is 1.44. The Morgan fingerprint density at radius 1 is 1.19 bits per heavy atom. The average molecular weight is 441 g/mol. The molecule has 2 fully saturated rings. The van der Waals surface area contributed by atoms with Crippen LogP contribution < -0.4 is 10.1 Å². The summed E-state index contributed by atoms with van der Waals surface area (Å²) < 4.78 is 39.8. The molecular formula is C22H21FN4O3S. The van der Waals surface area contributed by atoms with Gasteiger partial charge < -0.3 is 14.8 Å². The van der Waals surface area contributed by atoms with Crippen LogP contribution in [0.3, 0.4) is 0 Å². The van der Waals surface area contributed by atoms with Gasteiger partial charge in [-0.15, -0.1) is 0 Å². The van der Waals surface area contributed by atoms with E-state index in [1.54, 1.807) is 40.7 Å². The molecule has 2 aliphatic heterocycles. The van der Waals surface area contributed by atoms with Crippen molar-refractivity contribution in [3.05, 3.63) is 59.4 Å². The van der Waals surface area contributed by atoms with Gasteiger partial charge in [-0.05, 0) is 24.3 Å². The predicted molar refractivity (Wildman–Crippen MR) is 111 cm³/mol. The molecule has 1 unspecified atom stereocenters. The molecule has 4 rings (SSSR count). The third-order valence-corrected chi connectivity index (χ3v) is 6.92. The van der Waals surface area contributed by atoms with Crippen LogP contribution in [-0.2, 0) is 15.7 Å². The lowest BCUT2D eigenvalue weighted by Gasteiger charge is -2.49. The standard InChI is InChI=1S/C22H21FN4O3S/c23-20-7-19(6-5-16(20)8-24)30-15-22(12-26-18-10-29-11-18)13-27(14-22)31(28)21-4-2-1-3-17(21)9-25/h1-7,18,26H,10-15H2. The molecule has 0 amide bonds. The van der Waals surface area contributed by atoms with Gasteiger partial charge in [0.25, 0.3) is 0 Å². The van der Waals surface area contributed by atoms with Crippen LogP contribution in [0.5, 0.6) is 5.75 Å². The summed E-state index contributed by atoms with van der Waals surface area (Å²) in [5, 5.41) is 21.6. The van der Waals surface area contributed by atoms with E-state index in [2.05, 4.69) is 11.4 Å². The zero-order chi connectivity index (χ0) is 21.8. The lowest BCUT2D eigenvalue weighted by atomic mass is 9.82. The van der Waals surface area contributed by atoms with Gasteiger partial charge in [0.2, 0.25) is 0 Å². The molecule has 0 spiro atoms. The molecule has 2 aliphatic rings. The molecule has 1 N–H and O–H groups in total. The summed E-state index contributed by atoms with van der Waals surface area (Å²) in [6.45, 7) is 3.24. The predicted octanol–water partition coefficient (Wildman–Crippen LogP) is 1.96. The van der Waals surface area contributed by atoms with Crippen molar-refractivity contribution < 1.29 is 18.1 Å². The van der Waals surface area contributed by atoms with Gasteiger partial charge in [-0.3, -0.25) is 0 Å². The van der Waals surface area contributed by atoms with Crippen molar-refractivity contribution in [1.82, 2.24) is 9.62 Å². The Hall–Kier alpha value is -2.82. The van der Waals surface area contributed by atoms with Gasteiger partial charge in [-0.1, -0.05) is 12.1 Å². The highest BCUT2D eigenvalue weighted by molar-refractivity contribution is 7.82. The number of hydrogen-bond donors (Lipinski definition) is 1. The van der Waals surface area contributed by atoms with Crippen LogP contribution in [0.1, 0.15) is 11.1 Å². The van der Waals surface area contributed by atoms with Crippen molar-refractivity contribution in [3.63, 3.8) is 0 Å². The highest BCUT2D eigenvalue weighted by Crippen LogP contribution is 2.35. The molecule has 0 radical (unpaired) electrons. The Morgan fingerprint density at radius 3 is 2.58 bits per heavy atom. The Labute approximate surface area is 182 Å². The summed E-state index contributed by atoms with van der Waals surface area (Å²) in [6.07, 6.45) is 0. The first-order valence-electron chi connectivity index (χ1n) is 9.83. The van der Waals surface area contributed by atoms with Gasteiger partial charge in [-0.25, -0.2) is 12.9 Å². The fourth-order valence-corrected chi connectivity index (χ4v) is 5.11. The lowest BCUT2D eigenvalue weighted by molar-refractivity contribution is -0.0277. The summed E-state index contributed by atoms with van der Waals surface area (Å²) in [7, 11) is -1.45. The SMILES string of the molecule is N#Cc1ccc(OCC2(CNC3COC3)CN(S(=O)c3ccccc3C#N)C2)cc1F.